The number of aromatic nitrogens is 1. The van der Waals surface area contributed by atoms with E-state index in [2.05, 4.69) is 15.0 Å². The summed E-state index contributed by atoms with van der Waals surface area (Å²) in [6.45, 7) is 1.43. The first kappa shape index (κ1) is 12.0. The third kappa shape index (κ3) is 2.79. The summed E-state index contributed by atoms with van der Waals surface area (Å²) in [6.07, 6.45) is 2.08. The molecule has 1 saturated heterocycles. The average Bonchev–Trinajstić information content (AvgIpc) is 2.81. The Balaban J connectivity index is 2.22. The van der Waals surface area contributed by atoms with Gasteiger partial charge in [0, 0.05) is 18.8 Å². The predicted molar refractivity (Wildman–Crippen MR) is 60.5 cm³/mol. The van der Waals surface area contributed by atoms with Crippen molar-refractivity contribution < 1.29 is 8.42 Å². The van der Waals surface area contributed by atoms with Crippen molar-refractivity contribution in [3.8, 4) is 6.07 Å². The van der Waals surface area contributed by atoms with Crippen LogP contribution in [0.15, 0.2) is 23.4 Å². The minimum Gasteiger partial charge on any atom is -0.315 e. The molecular formula is C10H12N4O2S. The highest BCUT2D eigenvalue weighted by atomic mass is 32.2. The maximum atomic E-state index is 11.9. The van der Waals surface area contributed by atoms with Crippen LogP contribution < -0.4 is 10.0 Å². The van der Waals surface area contributed by atoms with Crippen molar-refractivity contribution in [3.05, 3.63) is 23.9 Å². The Kier molecular flexibility index (Phi) is 3.38. The predicted octanol–water partition coefficient (Wildman–Crippen LogP) is -0.407. The SMILES string of the molecule is N#Cc1ccnc(S(=O)(=O)NC2CCNC2)c1. The highest BCUT2D eigenvalue weighted by Gasteiger charge is 2.23. The second-order valence-electron chi connectivity index (χ2n) is 3.81. The molecule has 1 fully saturated rings. The minimum absolute atomic E-state index is 0.104. The summed E-state index contributed by atoms with van der Waals surface area (Å²) in [4.78, 5) is 3.78. The monoisotopic (exact) mass is 252 g/mol. The molecule has 1 atom stereocenters. The Hall–Kier alpha value is -1.49. The van der Waals surface area contributed by atoms with Gasteiger partial charge >= 0.3 is 0 Å². The molecule has 0 bridgehead atoms. The number of rotatable bonds is 3. The molecule has 6 nitrogen and oxygen atoms in total. The molecule has 1 aromatic heterocycles. The molecule has 0 aliphatic carbocycles. The van der Waals surface area contributed by atoms with Gasteiger partial charge in [-0.3, -0.25) is 0 Å². The van der Waals surface area contributed by atoms with Crippen LogP contribution in [0.2, 0.25) is 0 Å². The van der Waals surface area contributed by atoms with Gasteiger partial charge in [0.05, 0.1) is 11.6 Å². The highest BCUT2D eigenvalue weighted by Crippen LogP contribution is 2.09. The van der Waals surface area contributed by atoms with Crippen LogP contribution in [0.25, 0.3) is 0 Å². The summed E-state index contributed by atoms with van der Waals surface area (Å²) in [5.74, 6) is 0. The minimum atomic E-state index is -3.63. The molecule has 2 rings (SSSR count). The molecule has 1 aromatic rings. The summed E-state index contributed by atoms with van der Waals surface area (Å²) in [7, 11) is -3.63. The fourth-order valence-electron chi connectivity index (χ4n) is 1.66. The van der Waals surface area contributed by atoms with Crippen molar-refractivity contribution >= 4 is 10.0 Å². The van der Waals surface area contributed by atoms with Crippen molar-refractivity contribution in [2.24, 2.45) is 0 Å². The normalized spacial score (nSPS) is 20.1. The van der Waals surface area contributed by atoms with E-state index < -0.39 is 10.0 Å². The first-order chi connectivity index (χ1) is 8.12. The van der Waals surface area contributed by atoms with Gasteiger partial charge in [-0.1, -0.05) is 0 Å². The summed E-state index contributed by atoms with van der Waals surface area (Å²) in [6, 6.07) is 4.52. The van der Waals surface area contributed by atoms with Crippen molar-refractivity contribution in [3.63, 3.8) is 0 Å². The number of nitrogens with one attached hydrogen (secondary N) is 2. The first-order valence-corrected chi connectivity index (χ1v) is 6.69. The second-order valence-corrected chi connectivity index (χ2v) is 5.47. The molecule has 0 radical (unpaired) electrons. The van der Waals surface area contributed by atoms with Gasteiger partial charge in [-0.05, 0) is 25.1 Å². The number of nitriles is 1. The third-order valence-electron chi connectivity index (χ3n) is 2.52. The topological polar surface area (TPSA) is 94.9 Å². The molecule has 0 amide bonds. The fraction of sp³-hybridized carbons (Fsp3) is 0.400. The van der Waals surface area contributed by atoms with Crippen LogP contribution in [-0.4, -0.2) is 32.5 Å². The largest absolute Gasteiger partial charge is 0.315 e. The Labute approximate surface area is 99.7 Å². The van der Waals surface area contributed by atoms with Crippen LogP contribution in [0.3, 0.4) is 0 Å². The standard InChI is InChI=1S/C10H12N4O2S/c11-6-8-1-4-13-10(5-8)17(15,16)14-9-2-3-12-7-9/h1,4-5,9,12,14H,2-3,7H2. The van der Waals surface area contributed by atoms with Crippen LogP contribution >= 0.6 is 0 Å². The summed E-state index contributed by atoms with van der Waals surface area (Å²) in [5, 5.41) is 11.7. The molecule has 7 heteroatoms. The Morgan fingerprint density at radius 3 is 3.06 bits per heavy atom. The molecule has 17 heavy (non-hydrogen) atoms. The number of pyridine rings is 1. The van der Waals surface area contributed by atoms with Crippen LogP contribution in [-0.2, 0) is 10.0 Å². The van der Waals surface area contributed by atoms with Gasteiger partial charge in [-0.25, -0.2) is 18.1 Å². The Morgan fingerprint density at radius 1 is 1.59 bits per heavy atom. The van der Waals surface area contributed by atoms with Gasteiger partial charge in [0.2, 0.25) is 0 Å². The highest BCUT2D eigenvalue weighted by molar-refractivity contribution is 7.89. The van der Waals surface area contributed by atoms with E-state index in [1.807, 2.05) is 6.07 Å². The lowest BCUT2D eigenvalue weighted by Crippen LogP contribution is -2.36. The van der Waals surface area contributed by atoms with Gasteiger partial charge < -0.3 is 5.32 Å². The lowest BCUT2D eigenvalue weighted by Gasteiger charge is -2.11. The number of hydrogen-bond acceptors (Lipinski definition) is 5. The van der Waals surface area contributed by atoms with E-state index >= 15 is 0 Å². The van der Waals surface area contributed by atoms with Crippen LogP contribution in [0.5, 0.6) is 0 Å². The van der Waals surface area contributed by atoms with Crippen molar-refractivity contribution in [2.75, 3.05) is 13.1 Å². The molecule has 2 heterocycles. The average molecular weight is 252 g/mol. The smallest absolute Gasteiger partial charge is 0.258 e. The number of sulfonamides is 1. The molecule has 1 aliphatic rings. The molecule has 0 saturated carbocycles. The van der Waals surface area contributed by atoms with Crippen molar-refractivity contribution in [1.29, 1.82) is 5.26 Å². The zero-order valence-corrected chi connectivity index (χ0v) is 9.87. The van der Waals surface area contributed by atoms with Gasteiger partial charge in [0.25, 0.3) is 10.0 Å². The van der Waals surface area contributed by atoms with Gasteiger partial charge in [0.15, 0.2) is 5.03 Å². The van der Waals surface area contributed by atoms with Crippen LogP contribution in [0.1, 0.15) is 12.0 Å². The molecule has 0 spiro atoms. The molecule has 90 valence electrons. The lowest BCUT2D eigenvalue weighted by molar-refractivity contribution is 0.556. The number of nitrogens with zero attached hydrogens (tertiary/aromatic N) is 2. The van der Waals surface area contributed by atoms with E-state index in [0.29, 0.717) is 6.54 Å². The van der Waals surface area contributed by atoms with Crippen LogP contribution in [0, 0.1) is 11.3 Å². The van der Waals surface area contributed by atoms with E-state index in [-0.39, 0.29) is 16.6 Å². The summed E-state index contributed by atoms with van der Waals surface area (Å²) < 4.78 is 26.5. The molecule has 1 unspecified atom stereocenters. The maximum Gasteiger partial charge on any atom is 0.258 e. The maximum absolute atomic E-state index is 11.9. The second kappa shape index (κ2) is 4.79. The van der Waals surface area contributed by atoms with E-state index in [1.165, 1.54) is 18.3 Å². The van der Waals surface area contributed by atoms with Crippen molar-refractivity contribution in [2.45, 2.75) is 17.5 Å². The molecular weight excluding hydrogens is 240 g/mol. The van der Waals surface area contributed by atoms with E-state index in [4.69, 9.17) is 5.26 Å². The zero-order valence-electron chi connectivity index (χ0n) is 9.05. The quantitative estimate of drug-likeness (QED) is 0.762. The first-order valence-electron chi connectivity index (χ1n) is 5.21. The van der Waals surface area contributed by atoms with Crippen LogP contribution in [0.4, 0.5) is 0 Å². The Morgan fingerprint density at radius 2 is 2.41 bits per heavy atom. The molecule has 0 aromatic carbocycles. The van der Waals surface area contributed by atoms with Gasteiger partial charge in [0.1, 0.15) is 0 Å². The van der Waals surface area contributed by atoms with E-state index in [9.17, 15) is 8.42 Å². The zero-order chi connectivity index (χ0) is 12.3. The third-order valence-corrected chi connectivity index (χ3v) is 3.94. The molecule has 2 N–H and O–H groups in total. The van der Waals surface area contributed by atoms with Gasteiger partial charge in [-0.2, -0.15) is 5.26 Å². The summed E-state index contributed by atoms with van der Waals surface area (Å²) in [5.41, 5.74) is 0.282. The van der Waals surface area contributed by atoms with Gasteiger partial charge in [-0.15, -0.1) is 0 Å². The fourth-order valence-corrected chi connectivity index (χ4v) is 2.90. The van der Waals surface area contributed by atoms with E-state index in [1.54, 1.807) is 0 Å². The van der Waals surface area contributed by atoms with Crippen molar-refractivity contribution in [1.82, 2.24) is 15.0 Å². The Bertz CT molecular complexity index is 544. The molecule has 1 aliphatic heterocycles. The summed E-state index contributed by atoms with van der Waals surface area (Å²) >= 11 is 0. The number of hydrogen-bond donors (Lipinski definition) is 2. The lowest BCUT2D eigenvalue weighted by atomic mass is 10.3. The van der Waals surface area contributed by atoms with E-state index in [0.717, 1.165) is 13.0 Å².